The number of rotatable bonds is 5. The van der Waals surface area contributed by atoms with Gasteiger partial charge >= 0.3 is 0 Å². The first-order valence-corrected chi connectivity index (χ1v) is 8.94. The molecule has 0 radical (unpaired) electrons. The molecule has 0 atom stereocenters. The topological polar surface area (TPSA) is 121 Å². The van der Waals surface area contributed by atoms with Crippen molar-refractivity contribution in [1.29, 1.82) is 0 Å². The zero-order valence-corrected chi connectivity index (χ0v) is 16.2. The standard InChI is InChI=1S/C16H24N8O.CH2O2/c1-21(2)15-5-4-14(10-17-15)11-22-6-3-7-23(9-8-22)16(25)12-24-13-18-19-20-24;2-1-3/h4-5,10,13H,3,6-9,11-12H2,1-2H3;1H,(H,2,3). The van der Waals surface area contributed by atoms with Crippen LogP contribution in [0.25, 0.3) is 0 Å². The van der Waals surface area contributed by atoms with Crippen LogP contribution in [-0.4, -0.2) is 92.8 Å². The molecule has 0 spiro atoms. The number of aromatic nitrogens is 5. The van der Waals surface area contributed by atoms with Gasteiger partial charge < -0.3 is 14.9 Å². The van der Waals surface area contributed by atoms with Crippen LogP contribution < -0.4 is 4.90 Å². The van der Waals surface area contributed by atoms with E-state index in [1.807, 2.05) is 36.2 Å². The second-order valence-electron chi connectivity index (χ2n) is 6.54. The van der Waals surface area contributed by atoms with Gasteiger partial charge in [-0.2, -0.15) is 0 Å². The second-order valence-corrected chi connectivity index (χ2v) is 6.54. The van der Waals surface area contributed by atoms with Gasteiger partial charge in [0.25, 0.3) is 6.47 Å². The molecule has 11 heteroatoms. The summed E-state index contributed by atoms with van der Waals surface area (Å²) in [7, 11) is 3.97. The molecule has 1 fully saturated rings. The summed E-state index contributed by atoms with van der Waals surface area (Å²) in [5.41, 5.74) is 1.19. The van der Waals surface area contributed by atoms with Crippen molar-refractivity contribution >= 4 is 18.2 Å². The van der Waals surface area contributed by atoms with Crippen LogP contribution in [0, 0.1) is 0 Å². The number of carbonyl (C=O) groups is 2. The van der Waals surface area contributed by atoms with E-state index < -0.39 is 0 Å². The molecule has 1 aliphatic rings. The Labute approximate surface area is 163 Å². The summed E-state index contributed by atoms with van der Waals surface area (Å²) >= 11 is 0. The number of hydrogen-bond acceptors (Lipinski definition) is 8. The summed E-state index contributed by atoms with van der Waals surface area (Å²) < 4.78 is 1.46. The van der Waals surface area contributed by atoms with Gasteiger partial charge in [-0.3, -0.25) is 14.5 Å². The largest absolute Gasteiger partial charge is 0.483 e. The van der Waals surface area contributed by atoms with Crippen LogP contribution in [0.4, 0.5) is 5.82 Å². The highest BCUT2D eigenvalue weighted by Crippen LogP contribution is 2.12. The summed E-state index contributed by atoms with van der Waals surface area (Å²) in [5.74, 6) is 1.02. The van der Waals surface area contributed by atoms with E-state index in [1.54, 1.807) is 0 Å². The number of carboxylic acid groups (broad SMARTS) is 1. The van der Waals surface area contributed by atoms with E-state index in [2.05, 4.69) is 31.5 Å². The molecular weight excluding hydrogens is 364 g/mol. The highest BCUT2D eigenvalue weighted by atomic mass is 16.3. The first-order valence-electron chi connectivity index (χ1n) is 8.94. The number of anilines is 1. The molecule has 1 N–H and O–H groups in total. The van der Waals surface area contributed by atoms with Crippen LogP contribution in [-0.2, 0) is 22.7 Å². The van der Waals surface area contributed by atoms with Crippen LogP contribution in [0.15, 0.2) is 24.7 Å². The fourth-order valence-corrected chi connectivity index (χ4v) is 2.90. The Hall–Kier alpha value is -3.08. The number of nitrogens with zero attached hydrogens (tertiary/aromatic N) is 8. The lowest BCUT2D eigenvalue weighted by Gasteiger charge is -2.22. The monoisotopic (exact) mass is 390 g/mol. The Morgan fingerprint density at radius 3 is 2.64 bits per heavy atom. The maximum absolute atomic E-state index is 12.4. The fourth-order valence-electron chi connectivity index (χ4n) is 2.90. The first-order chi connectivity index (χ1) is 13.5. The minimum atomic E-state index is -0.250. The zero-order valence-electron chi connectivity index (χ0n) is 16.2. The molecule has 2 aromatic rings. The summed E-state index contributed by atoms with van der Waals surface area (Å²) in [6.07, 6.45) is 4.36. The molecule has 2 aromatic heterocycles. The summed E-state index contributed by atoms with van der Waals surface area (Å²) in [6.45, 7) is 4.14. The van der Waals surface area contributed by atoms with Crippen molar-refractivity contribution in [2.75, 3.05) is 45.2 Å². The van der Waals surface area contributed by atoms with Crippen molar-refractivity contribution in [1.82, 2.24) is 35.0 Å². The maximum atomic E-state index is 12.4. The lowest BCUT2D eigenvalue weighted by Crippen LogP contribution is -2.37. The maximum Gasteiger partial charge on any atom is 0.290 e. The van der Waals surface area contributed by atoms with Gasteiger partial charge in [-0.05, 0) is 28.5 Å². The van der Waals surface area contributed by atoms with Crippen molar-refractivity contribution in [2.45, 2.75) is 19.5 Å². The van der Waals surface area contributed by atoms with Gasteiger partial charge in [0.1, 0.15) is 18.7 Å². The fraction of sp³-hybridized carbons (Fsp3) is 0.529. The normalized spacial score (nSPS) is 14.6. The predicted octanol–water partition coefficient (Wildman–Crippen LogP) is -0.431. The molecule has 0 saturated carbocycles. The van der Waals surface area contributed by atoms with Crippen LogP contribution in [0.2, 0.25) is 0 Å². The summed E-state index contributed by atoms with van der Waals surface area (Å²) in [6, 6.07) is 4.16. The third-order valence-corrected chi connectivity index (χ3v) is 4.30. The summed E-state index contributed by atoms with van der Waals surface area (Å²) in [4.78, 5) is 31.4. The van der Waals surface area contributed by atoms with E-state index in [0.717, 1.165) is 45.0 Å². The number of pyridine rings is 1. The van der Waals surface area contributed by atoms with Crippen LogP contribution in [0.1, 0.15) is 12.0 Å². The van der Waals surface area contributed by atoms with E-state index in [4.69, 9.17) is 9.90 Å². The number of tetrazole rings is 1. The third-order valence-electron chi connectivity index (χ3n) is 4.30. The molecule has 0 bridgehead atoms. The molecule has 0 aliphatic carbocycles. The van der Waals surface area contributed by atoms with Gasteiger partial charge in [0.05, 0.1) is 0 Å². The van der Waals surface area contributed by atoms with E-state index in [-0.39, 0.29) is 18.9 Å². The first kappa shape index (κ1) is 21.2. The molecular formula is C17H26N8O3. The highest BCUT2D eigenvalue weighted by molar-refractivity contribution is 5.75. The lowest BCUT2D eigenvalue weighted by atomic mass is 10.2. The molecule has 152 valence electrons. The Morgan fingerprint density at radius 2 is 2.04 bits per heavy atom. The zero-order chi connectivity index (χ0) is 20.4. The minimum Gasteiger partial charge on any atom is -0.483 e. The van der Waals surface area contributed by atoms with E-state index in [1.165, 1.54) is 16.6 Å². The molecule has 0 aromatic carbocycles. The lowest BCUT2D eigenvalue weighted by molar-refractivity contribution is -0.132. The van der Waals surface area contributed by atoms with Gasteiger partial charge in [-0.15, -0.1) is 5.10 Å². The molecule has 1 saturated heterocycles. The molecule has 1 aliphatic heterocycles. The van der Waals surface area contributed by atoms with Crippen LogP contribution >= 0.6 is 0 Å². The molecule has 1 amide bonds. The molecule has 3 heterocycles. The third kappa shape index (κ3) is 6.58. The van der Waals surface area contributed by atoms with Gasteiger partial charge in [-0.25, -0.2) is 9.67 Å². The number of hydrogen-bond donors (Lipinski definition) is 1. The predicted molar refractivity (Wildman–Crippen MR) is 102 cm³/mol. The number of carbonyl (C=O) groups excluding carboxylic acids is 1. The Balaban J connectivity index is 0.000000878. The Morgan fingerprint density at radius 1 is 1.25 bits per heavy atom. The SMILES string of the molecule is CN(C)c1ccc(CN2CCCN(C(=O)Cn3cnnn3)CC2)cn1.O=CO. The molecule has 11 nitrogen and oxygen atoms in total. The van der Waals surface area contributed by atoms with Crippen molar-refractivity contribution in [3.05, 3.63) is 30.2 Å². The average Bonchev–Trinajstić information content (AvgIpc) is 3.07. The second kappa shape index (κ2) is 10.9. The van der Waals surface area contributed by atoms with Gasteiger partial charge in [0.2, 0.25) is 5.91 Å². The van der Waals surface area contributed by atoms with Gasteiger partial charge in [-0.1, -0.05) is 6.07 Å². The smallest absolute Gasteiger partial charge is 0.290 e. The summed E-state index contributed by atoms with van der Waals surface area (Å²) in [5, 5.41) is 17.8. The van der Waals surface area contributed by atoms with E-state index >= 15 is 0 Å². The van der Waals surface area contributed by atoms with Crippen molar-refractivity contribution < 1.29 is 14.7 Å². The highest BCUT2D eigenvalue weighted by Gasteiger charge is 2.19. The average molecular weight is 390 g/mol. The molecule has 0 unspecified atom stereocenters. The minimum absolute atomic E-state index is 0.0613. The van der Waals surface area contributed by atoms with E-state index in [0.29, 0.717) is 0 Å². The van der Waals surface area contributed by atoms with Crippen molar-refractivity contribution in [2.24, 2.45) is 0 Å². The van der Waals surface area contributed by atoms with Gasteiger partial charge in [0, 0.05) is 53.0 Å². The van der Waals surface area contributed by atoms with Crippen molar-refractivity contribution in [3.8, 4) is 0 Å². The van der Waals surface area contributed by atoms with Crippen molar-refractivity contribution in [3.63, 3.8) is 0 Å². The Bertz CT molecular complexity index is 721. The Kier molecular flexibility index (Phi) is 8.28. The van der Waals surface area contributed by atoms with Gasteiger partial charge in [0.15, 0.2) is 0 Å². The van der Waals surface area contributed by atoms with E-state index in [9.17, 15) is 4.79 Å². The molecule has 28 heavy (non-hydrogen) atoms. The number of amides is 1. The van der Waals surface area contributed by atoms with Crippen LogP contribution in [0.5, 0.6) is 0 Å². The quantitative estimate of drug-likeness (QED) is 0.678. The molecule has 3 rings (SSSR count). The van der Waals surface area contributed by atoms with Crippen LogP contribution in [0.3, 0.4) is 0 Å².